The van der Waals surface area contributed by atoms with Crippen LogP contribution in [0.25, 0.3) is 11.0 Å². The first-order valence-electron chi connectivity index (χ1n) is 6.45. The van der Waals surface area contributed by atoms with Crippen molar-refractivity contribution in [3.63, 3.8) is 0 Å². The van der Waals surface area contributed by atoms with E-state index in [9.17, 15) is 4.39 Å². The van der Waals surface area contributed by atoms with E-state index in [1.807, 2.05) is 20.8 Å². The summed E-state index contributed by atoms with van der Waals surface area (Å²) < 4.78 is 20.7. The molecule has 0 fully saturated rings. The van der Waals surface area contributed by atoms with Crippen molar-refractivity contribution in [1.29, 1.82) is 0 Å². The third-order valence-electron chi connectivity index (χ3n) is 3.65. The number of fused-ring (bicyclic) bond motifs is 1. The monoisotopic (exact) mass is 308 g/mol. The maximum Gasteiger partial charge on any atom is 0.201 e. The van der Waals surface area contributed by atoms with Crippen molar-refractivity contribution >= 4 is 28.6 Å². The maximum absolute atomic E-state index is 13.8. The normalized spacial score (nSPS) is 13.0. The Balaban J connectivity index is 2.25. The third-order valence-corrected chi connectivity index (χ3v) is 3.94. The summed E-state index contributed by atoms with van der Waals surface area (Å²) in [5.74, 6) is 0.492. The molecule has 1 atom stereocenters. The number of nitrogens with zero attached hydrogens (tertiary/aromatic N) is 3. The molecule has 21 heavy (non-hydrogen) atoms. The maximum atomic E-state index is 13.8. The molecule has 0 spiro atoms. The summed E-state index contributed by atoms with van der Waals surface area (Å²) in [6, 6.07) is 2.64. The lowest BCUT2D eigenvalue weighted by Gasteiger charge is -2.16. The van der Waals surface area contributed by atoms with Crippen LogP contribution < -0.4 is 5.73 Å². The van der Waals surface area contributed by atoms with Gasteiger partial charge in [0.05, 0.1) is 27.8 Å². The van der Waals surface area contributed by atoms with Gasteiger partial charge in [0.2, 0.25) is 5.95 Å². The second kappa shape index (κ2) is 4.73. The van der Waals surface area contributed by atoms with Crippen LogP contribution in [0.4, 0.5) is 10.3 Å². The summed E-state index contributed by atoms with van der Waals surface area (Å²) in [6.07, 6.45) is 0. The Morgan fingerprint density at radius 1 is 1.38 bits per heavy atom. The van der Waals surface area contributed by atoms with Crippen molar-refractivity contribution in [2.24, 2.45) is 0 Å². The molecule has 0 saturated carbocycles. The van der Waals surface area contributed by atoms with Gasteiger partial charge in [0, 0.05) is 11.6 Å². The number of aryl methyl sites for hydroxylation is 2. The first-order valence-corrected chi connectivity index (χ1v) is 6.83. The number of rotatable bonds is 2. The minimum Gasteiger partial charge on any atom is -0.369 e. The van der Waals surface area contributed by atoms with Crippen LogP contribution in [-0.2, 0) is 0 Å². The Labute approximate surface area is 125 Å². The first-order chi connectivity index (χ1) is 9.90. The fourth-order valence-corrected chi connectivity index (χ4v) is 2.89. The number of aromatic nitrogens is 3. The van der Waals surface area contributed by atoms with Crippen molar-refractivity contribution < 1.29 is 8.91 Å². The van der Waals surface area contributed by atoms with Crippen molar-refractivity contribution in [1.82, 2.24) is 14.7 Å². The molecule has 3 aromatic rings. The van der Waals surface area contributed by atoms with Gasteiger partial charge in [-0.1, -0.05) is 16.8 Å². The van der Waals surface area contributed by atoms with Crippen molar-refractivity contribution in [2.75, 3.05) is 5.73 Å². The van der Waals surface area contributed by atoms with E-state index in [1.54, 1.807) is 4.57 Å². The molecule has 2 heterocycles. The van der Waals surface area contributed by atoms with E-state index in [-0.39, 0.29) is 11.1 Å². The van der Waals surface area contributed by atoms with Gasteiger partial charge < -0.3 is 14.8 Å². The van der Waals surface area contributed by atoms with Crippen LogP contribution in [0.15, 0.2) is 16.7 Å². The van der Waals surface area contributed by atoms with Gasteiger partial charge in [0.15, 0.2) is 0 Å². The van der Waals surface area contributed by atoms with Gasteiger partial charge in [-0.2, -0.15) is 0 Å². The summed E-state index contributed by atoms with van der Waals surface area (Å²) in [7, 11) is 0. The highest BCUT2D eigenvalue weighted by Gasteiger charge is 2.22. The Hall–Kier alpha value is -2.08. The van der Waals surface area contributed by atoms with E-state index >= 15 is 0 Å². The fourth-order valence-electron chi connectivity index (χ4n) is 2.73. The Morgan fingerprint density at radius 2 is 2.10 bits per heavy atom. The topological polar surface area (TPSA) is 69.9 Å². The molecule has 110 valence electrons. The molecule has 3 rings (SSSR count). The molecule has 5 nitrogen and oxygen atoms in total. The molecule has 2 N–H and O–H groups in total. The predicted octanol–water partition coefficient (Wildman–Crippen LogP) is 3.63. The van der Waals surface area contributed by atoms with Gasteiger partial charge in [-0.05, 0) is 26.8 Å². The first kappa shape index (κ1) is 13.9. The average Bonchev–Trinajstić information content (AvgIpc) is 2.89. The van der Waals surface area contributed by atoms with E-state index in [2.05, 4.69) is 10.1 Å². The van der Waals surface area contributed by atoms with Crippen LogP contribution >= 0.6 is 11.6 Å². The highest BCUT2D eigenvalue weighted by Crippen LogP contribution is 2.32. The fraction of sp³-hybridized carbons (Fsp3) is 0.286. The SMILES string of the molecule is Cc1noc(C)c1C(C)n1c(N)nc2cc(Cl)c(F)cc21. The largest absolute Gasteiger partial charge is 0.369 e. The van der Waals surface area contributed by atoms with Crippen LogP contribution in [-0.4, -0.2) is 14.7 Å². The van der Waals surface area contributed by atoms with Crippen LogP contribution in [0, 0.1) is 19.7 Å². The molecule has 0 aliphatic carbocycles. The van der Waals surface area contributed by atoms with Crippen molar-refractivity contribution in [3.8, 4) is 0 Å². The lowest BCUT2D eigenvalue weighted by Crippen LogP contribution is -2.11. The summed E-state index contributed by atoms with van der Waals surface area (Å²) in [6.45, 7) is 5.63. The summed E-state index contributed by atoms with van der Waals surface area (Å²) >= 11 is 5.79. The second-order valence-corrected chi connectivity index (χ2v) is 5.42. The predicted molar refractivity (Wildman–Crippen MR) is 78.9 cm³/mol. The van der Waals surface area contributed by atoms with Crippen molar-refractivity contribution in [3.05, 3.63) is 40.0 Å². The number of anilines is 1. The highest BCUT2D eigenvalue weighted by atomic mass is 35.5. The van der Waals surface area contributed by atoms with Gasteiger partial charge in [-0.15, -0.1) is 0 Å². The van der Waals surface area contributed by atoms with E-state index in [4.69, 9.17) is 21.9 Å². The number of nitrogen functional groups attached to an aromatic ring is 1. The molecule has 2 aromatic heterocycles. The van der Waals surface area contributed by atoms with E-state index < -0.39 is 5.82 Å². The number of halogens is 2. The number of benzene rings is 1. The molecule has 0 aliphatic rings. The minimum atomic E-state index is -0.503. The van der Waals surface area contributed by atoms with Gasteiger partial charge in [0.1, 0.15) is 11.6 Å². The minimum absolute atomic E-state index is 0.0251. The van der Waals surface area contributed by atoms with E-state index in [1.165, 1.54) is 12.1 Å². The number of nitrogens with two attached hydrogens (primary N) is 1. The zero-order chi connectivity index (χ0) is 15.3. The number of imidazole rings is 1. The molecule has 0 saturated heterocycles. The van der Waals surface area contributed by atoms with E-state index in [0.717, 1.165) is 11.3 Å². The smallest absolute Gasteiger partial charge is 0.201 e. The zero-order valence-electron chi connectivity index (χ0n) is 11.8. The summed E-state index contributed by atoms with van der Waals surface area (Å²) in [5.41, 5.74) is 8.82. The van der Waals surface area contributed by atoms with Crippen molar-refractivity contribution in [2.45, 2.75) is 26.8 Å². The second-order valence-electron chi connectivity index (χ2n) is 5.01. The Kier molecular flexibility index (Phi) is 3.13. The third kappa shape index (κ3) is 2.06. The molecular formula is C14H14ClFN4O. The molecule has 0 aliphatic heterocycles. The van der Waals surface area contributed by atoms with Crippen LogP contribution in [0.2, 0.25) is 5.02 Å². The quantitative estimate of drug-likeness (QED) is 0.785. The van der Waals surface area contributed by atoms with Gasteiger partial charge in [-0.25, -0.2) is 9.37 Å². The molecule has 0 bridgehead atoms. The molecular weight excluding hydrogens is 295 g/mol. The van der Waals surface area contributed by atoms with Crippen LogP contribution in [0.5, 0.6) is 0 Å². The number of hydrogen-bond acceptors (Lipinski definition) is 4. The lowest BCUT2D eigenvalue weighted by molar-refractivity contribution is 0.391. The Morgan fingerprint density at radius 3 is 2.71 bits per heavy atom. The number of hydrogen-bond donors (Lipinski definition) is 1. The summed E-state index contributed by atoms with van der Waals surface area (Å²) in [5, 5.41) is 3.97. The standard InChI is InChI=1S/C14H14ClFN4O/c1-6-13(8(3)21-19-6)7(2)20-12-5-10(16)9(15)4-11(12)18-14(20)17/h4-5,7H,1-3H3,(H2,17,18). The van der Waals surface area contributed by atoms with Gasteiger partial charge in [-0.3, -0.25) is 0 Å². The van der Waals surface area contributed by atoms with Gasteiger partial charge in [0.25, 0.3) is 0 Å². The molecule has 7 heteroatoms. The van der Waals surface area contributed by atoms with Crippen LogP contribution in [0.1, 0.15) is 30.0 Å². The van der Waals surface area contributed by atoms with E-state index in [0.29, 0.717) is 22.7 Å². The molecule has 0 radical (unpaired) electrons. The molecule has 1 unspecified atom stereocenters. The zero-order valence-corrected chi connectivity index (χ0v) is 12.6. The molecule has 0 amide bonds. The molecule has 1 aromatic carbocycles. The Bertz CT molecular complexity index is 820. The highest BCUT2D eigenvalue weighted by molar-refractivity contribution is 6.31. The lowest BCUT2D eigenvalue weighted by atomic mass is 10.1. The van der Waals surface area contributed by atoms with Crippen LogP contribution in [0.3, 0.4) is 0 Å². The summed E-state index contributed by atoms with van der Waals surface area (Å²) in [4.78, 5) is 4.24. The van der Waals surface area contributed by atoms with Gasteiger partial charge >= 0.3 is 0 Å². The average molecular weight is 309 g/mol.